The van der Waals surface area contributed by atoms with Crippen molar-refractivity contribution in [2.75, 3.05) is 39.5 Å². The molecule has 2 aliphatic heterocycles. The average Bonchev–Trinajstić information content (AvgIpc) is 2.89. The van der Waals surface area contributed by atoms with Gasteiger partial charge in [0.05, 0.1) is 25.2 Å². The van der Waals surface area contributed by atoms with Gasteiger partial charge in [-0.05, 0) is 19.3 Å². The molecular formula is C12H22N2O3. The molecule has 2 rings (SSSR count). The molecule has 0 spiro atoms. The normalized spacial score (nSPS) is 27.1. The summed E-state index contributed by atoms with van der Waals surface area (Å²) in [4.78, 5) is 14.1. The molecular weight excluding hydrogens is 220 g/mol. The van der Waals surface area contributed by atoms with Crippen LogP contribution in [0.1, 0.15) is 19.3 Å². The van der Waals surface area contributed by atoms with Gasteiger partial charge in [-0.2, -0.15) is 0 Å². The summed E-state index contributed by atoms with van der Waals surface area (Å²) < 4.78 is 10.8. The second kappa shape index (κ2) is 6.33. The largest absolute Gasteiger partial charge is 0.378 e. The van der Waals surface area contributed by atoms with Crippen LogP contribution in [-0.2, 0) is 14.3 Å². The molecule has 0 aliphatic carbocycles. The van der Waals surface area contributed by atoms with Crippen molar-refractivity contribution in [2.24, 2.45) is 11.7 Å². The van der Waals surface area contributed by atoms with Crippen LogP contribution in [0.3, 0.4) is 0 Å². The van der Waals surface area contributed by atoms with Crippen molar-refractivity contribution < 1.29 is 14.3 Å². The second-order valence-corrected chi connectivity index (χ2v) is 4.74. The maximum Gasteiger partial charge on any atom is 0.227 e. The summed E-state index contributed by atoms with van der Waals surface area (Å²) in [6.45, 7) is 3.91. The zero-order valence-electron chi connectivity index (χ0n) is 10.3. The lowest BCUT2D eigenvalue weighted by atomic mass is 9.98. The first-order valence-electron chi connectivity index (χ1n) is 6.49. The molecule has 98 valence electrons. The Morgan fingerprint density at radius 3 is 2.71 bits per heavy atom. The van der Waals surface area contributed by atoms with Gasteiger partial charge in [-0.1, -0.05) is 0 Å². The minimum absolute atomic E-state index is 0.0869. The predicted molar refractivity (Wildman–Crippen MR) is 63.5 cm³/mol. The fourth-order valence-electron chi connectivity index (χ4n) is 2.49. The average molecular weight is 242 g/mol. The van der Waals surface area contributed by atoms with Crippen LogP contribution in [0, 0.1) is 5.92 Å². The SMILES string of the molecule is NCC(CC1CCCO1)C(=O)N1CCOCC1. The van der Waals surface area contributed by atoms with Gasteiger partial charge in [0.25, 0.3) is 0 Å². The highest BCUT2D eigenvalue weighted by atomic mass is 16.5. The second-order valence-electron chi connectivity index (χ2n) is 4.74. The van der Waals surface area contributed by atoms with E-state index in [1.807, 2.05) is 4.90 Å². The van der Waals surface area contributed by atoms with Crippen LogP contribution in [0.25, 0.3) is 0 Å². The fourth-order valence-corrected chi connectivity index (χ4v) is 2.49. The molecule has 0 aromatic heterocycles. The summed E-state index contributed by atoms with van der Waals surface area (Å²) in [7, 11) is 0. The van der Waals surface area contributed by atoms with Crippen molar-refractivity contribution in [2.45, 2.75) is 25.4 Å². The smallest absolute Gasteiger partial charge is 0.227 e. The van der Waals surface area contributed by atoms with Gasteiger partial charge >= 0.3 is 0 Å². The predicted octanol–water partition coefficient (Wildman–Crippen LogP) is -0.0108. The molecule has 17 heavy (non-hydrogen) atoms. The van der Waals surface area contributed by atoms with Gasteiger partial charge in [-0.15, -0.1) is 0 Å². The van der Waals surface area contributed by atoms with Gasteiger partial charge in [-0.25, -0.2) is 0 Å². The number of rotatable bonds is 4. The van der Waals surface area contributed by atoms with Crippen LogP contribution < -0.4 is 5.73 Å². The standard InChI is InChI=1S/C12H22N2O3/c13-9-10(8-11-2-1-5-17-11)12(15)14-3-6-16-7-4-14/h10-11H,1-9,13H2. The van der Waals surface area contributed by atoms with Crippen LogP contribution in [0.2, 0.25) is 0 Å². The van der Waals surface area contributed by atoms with Gasteiger partial charge in [0.2, 0.25) is 5.91 Å². The number of hydrogen-bond donors (Lipinski definition) is 1. The van der Waals surface area contributed by atoms with Crippen molar-refractivity contribution >= 4 is 5.91 Å². The van der Waals surface area contributed by atoms with Gasteiger partial charge in [-0.3, -0.25) is 4.79 Å². The molecule has 2 unspecified atom stereocenters. The number of amides is 1. The van der Waals surface area contributed by atoms with E-state index >= 15 is 0 Å². The number of morpholine rings is 1. The Hall–Kier alpha value is -0.650. The summed E-state index contributed by atoms with van der Waals surface area (Å²) in [5, 5.41) is 0. The molecule has 2 heterocycles. The fraction of sp³-hybridized carbons (Fsp3) is 0.917. The van der Waals surface area contributed by atoms with Crippen LogP contribution in [0.5, 0.6) is 0 Å². The Balaban J connectivity index is 1.84. The third-order valence-electron chi connectivity index (χ3n) is 3.53. The zero-order valence-corrected chi connectivity index (χ0v) is 10.3. The molecule has 1 amide bonds. The molecule has 2 saturated heterocycles. The number of nitrogens with zero attached hydrogens (tertiary/aromatic N) is 1. The van der Waals surface area contributed by atoms with E-state index in [4.69, 9.17) is 15.2 Å². The first-order chi connectivity index (χ1) is 8.31. The molecule has 0 radical (unpaired) electrons. The maximum absolute atomic E-state index is 12.3. The Labute approximate surface area is 102 Å². The van der Waals surface area contributed by atoms with E-state index in [2.05, 4.69) is 0 Å². The van der Waals surface area contributed by atoms with Gasteiger partial charge in [0, 0.05) is 26.2 Å². The van der Waals surface area contributed by atoms with E-state index < -0.39 is 0 Å². The Morgan fingerprint density at radius 1 is 1.35 bits per heavy atom. The number of carbonyl (C=O) groups excluding carboxylic acids is 1. The minimum atomic E-state index is -0.0869. The summed E-state index contributed by atoms with van der Waals surface area (Å²) in [6, 6.07) is 0. The topological polar surface area (TPSA) is 64.8 Å². The lowest BCUT2D eigenvalue weighted by molar-refractivity contribution is -0.140. The monoisotopic (exact) mass is 242 g/mol. The van der Waals surface area contributed by atoms with E-state index in [1.165, 1.54) is 0 Å². The number of ether oxygens (including phenoxy) is 2. The van der Waals surface area contributed by atoms with Crippen molar-refractivity contribution in [1.82, 2.24) is 4.90 Å². The van der Waals surface area contributed by atoms with Gasteiger partial charge in [0.15, 0.2) is 0 Å². The summed E-state index contributed by atoms with van der Waals surface area (Å²) in [6.07, 6.45) is 3.17. The van der Waals surface area contributed by atoms with Crippen molar-refractivity contribution in [3.63, 3.8) is 0 Å². The summed E-state index contributed by atoms with van der Waals surface area (Å²) in [5.41, 5.74) is 5.72. The van der Waals surface area contributed by atoms with Crippen LogP contribution in [0.15, 0.2) is 0 Å². The molecule has 2 atom stereocenters. The highest BCUT2D eigenvalue weighted by Crippen LogP contribution is 2.21. The minimum Gasteiger partial charge on any atom is -0.378 e. The Kier molecular flexibility index (Phi) is 4.76. The third kappa shape index (κ3) is 3.40. The highest BCUT2D eigenvalue weighted by Gasteiger charge is 2.28. The molecule has 2 fully saturated rings. The maximum atomic E-state index is 12.3. The molecule has 5 heteroatoms. The van der Waals surface area contributed by atoms with Crippen molar-refractivity contribution in [3.05, 3.63) is 0 Å². The van der Waals surface area contributed by atoms with Crippen LogP contribution in [0.4, 0.5) is 0 Å². The lowest BCUT2D eigenvalue weighted by Crippen LogP contribution is -2.46. The van der Waals surface area contributed by atoms with Crippen molar-refractivity contribution in [1.29, 1.82) is 0 Å². The number of nitrogens with two attached hydrogens (primary N) is 1. The van der Waals surface area contributed by atoms with Gasteiger partial charge in [0.1, 0.15) is 0 Å². The molecule has 0 aromatic carbocycles. The van der Waals surface area contributed by atoms with E-state index in [1.54, 1.807) is 0 Å². The summed E-state index contributed by atoms with van der Waals surface area (Å²) >= 11 is 0. The van der Waals surface area contributed by atoms with E-state index in [0.29, 0.717) is 32.8 Å². The van der Waals surface area contributed by atoms with E-state index in [-0.39, 0.29) is 17.9 Å². The molecule has 0 aromatic rings. The highest BCUT2D eigenvalue weighted by molar-refractivity contribution is 5.79. The van der Waals surface area contributed by atoms with E-state index in [0.717, 1.165) is 25.9 Å². The zero-order chi connectivity index (χ0) is 12.1. The number of hydrogen-bond acceptors (Lipinski definition) is 4. The molecule has 0 bridgehead atoms. The first-order valence-corrected chi connectivity index (χ1v) is 6.49. The van der Waals surface area contributed by atoms with Crippen LogP contribution >= 0.6 is 0 Å². The molecule has 5 nitrogen and oxygen atoms in total. The third-order valence-corrected chi connectivity index (χ3v) is 3.53. The van der Waals surface area contributed by atoms with Crippen molar-refractivity contribution in [3.8, 4) is 0 Å². The molecule has 0 saturated carbocycles. The Bertz CT molecular complexity index is 248. The van der Waals surface area contributed by atoms with Crippen LogP contribution in [-0.4, -0.2) is 56.4 Å². The lowest BCUT2D eigenvalue weighted by Gasteiger charge is -2.30. The van der Waals surface area contributed by atoms with Gasteiger partial charge < -0.3 is 20.1 Å². The molecule has 2 N–H and O–H groups in total. The Morgan fingerprint density at radius 2 is 2.12 bits per heavy atom. The molecule has 2 aliphatic rings. The quantitative estimate of drug-likeness (QED) is 0.753. The van der Waals surface area contributed by atoms with E-state index in [9.17, 15) is 4.79 Å². The summed E-state index contributed by atoms with van der Waals surface area (Å²) in [5.74, 6) is 0.0856. The number of carbonyl (C=O) groups is 1. The first kappa shape index (κ1) is 12.8.